The Bertz CT molecular complexity index is 386. The first kappa shape index (κ1) is 16.2. The van der Waals surface area contributed by atoms with Gasteiger partial charge < -0.3 is 25.2 Å². The summed E-state index contributed by atoms with van der Waals surface area (Å²) in [5, 5.41) is 19.9. The maximum absolute atomic E-state index is 12.1. The van der Waals surface area contributed by atoms with Crippen LogP contribution in [0.15, 0.2) is 0 Å². The highest BCUT2D eigenvalue weighted by atomic mass is 16.5. The second-order valence-electron chi connectivity index (χ2n) is 4.92. The molecular weight excluding hydrogens is 268 g/mol. The number of nitrogens with one attached hydrogen (secondary N) is 1. The molecule has 0 saturated carbocycles. The maximum Gasteiger partial charge on any atom is 0.326 e. The van der Waals surface area contributed by atoms with E-state index in [1.54, 1.807) is 6.92 Å². The zero-order valence-electron chi connectivity index (χ0n) is 11.5. The molecule has 3 N–H and O–H groups in total. The molecule has 0 spiro atoms. The van der Waals surface area contributed by atoms with Crippen LogP contribution in [0.2, 0.25) is 0 Å². The van der Waals surface area contributed by atoms with Crippen molar-refractivity contribution in [3.8, 4) is 0 Å². The van der Waals surface area contributed by atoms with Crippen molar-refractivity contribution in [3.63, 3.8) is 0 Å². The molecule has 2 unspecified atom stereocenters. The summed E-state index contributed by atoms with van der Waals surface area (Å²) in [6.07, 6.45) is -0.573. The van der Waals surface area contributed by atoms with Crippen LogP contribution in [-0.2, 0) is 14.3 Å². The molecule has 0 radical (unpaired) electrons. The van der Waals surface area contributed by atoms with Gasteiger partial charge in [-0.1, -0.05) is 0 Å². The number of morpholine rings is 1. The van der Waals surface area contributed by atoms with Crippen molar-refractivity contribution in [3.05, 3.63) is 0 Å². The number of carboxylic acids is 2. The van der Waals surface area contributed by atoms with Crippen LogP contribution < -0.4 is 5.32 Å². The van der Waals surface area contributed by atoms with Crippen LogP contribution in [0, 0.1) is 0 Å². The number of carbonyl (C=O) groups excluding carboxylic acids is 1. The Labute approximate surface area is 116 Å². The Balaban J connectivity index is 2.60. The lowest BCUT2D eigenvalue weighted by Crippen LogP contribution is -2.56. The van der Waals surface area contributed by atoms with E-state index in [0.29, 0.717) is 13.2 Å². The van der Waals surface area contributed by atoms with E-state index in [0.717, 1.165) is 0 Å². The Morgan fingerprint density at radius 3 is 2.55 bits per heavy atom. The van der Waals surface area contributed by atoms with Gasteiger partial charge in [0.15, 0.2) is 0 Å². The molecule has 114 valence electrons. The predicted molar refractivity (Wildman–Crippen MR) is 68.4 cm³/mol. The molecule has 1 heterocycles. The molecule has 1 aliphatic rings. The molecule has 1 saturated heterocycles. The molecule has 2 amide bonds. The van der Waals surface area contributed by atoms with Gasteiger partial charge in [-0.05, 0) is 20.3 Å². The molecule has 20 heavy (non-hydrogen) atoms. The third-order valence-electron chi connectivity index (χ3n) is 3.11. The van der Waals surface area contributed by atoms with Gasteiger partial charge in [-0.2, -0.15) is 0 Å². The first-order valence-corrected chi connectivity index (χ1v) is 6.44. The average molecular weight is 288 g/mol. The van der Waals surface area contributed by atoms with E-state index in [-0.39, 0.29) is 25.0 Å². The summed E-state index contributed by atoms with van der Waals surface area (Å²) in [5.41, 5.74) is 0. The molecule has 8 heteroatoms. The van der Waals surface area contributed by atoms with Gasteiger partial charge >= 0.3 is 18.0 Å². The van der Waals surface area contributed by atoms with Gasteiger partial charge in [0.25, 0.3) is 0 Å². The van der Waals surface area contributed by atoms with Crippen LogP contribution >= 0.6 is 0 Å². The number of nitrogens with zero attached hydrogens (tertiary/aromatic N) is 1. The van der Waals surface area contributed by atoms with Crippen molar-refractivity contribution < 1.29 is 29.3 Å². The van der Waals surface area contributed by atoms with Gasteiger partial charge in [0.05, 0.1) is 18.8 Å². The molecule has 3 atom stereocenters. The number of carboxylic acid groups (broad SMARTS) is 2. The lowest BCUT2D eigenvalue weighted by Gasteiger charge is -2.37. The molecule has 8 nitrogen and oxygen atoms in total. The number of ether oxygens (including phenoxy) is 1. The van der Waals surface area contributed by atoms with Crippen molar-refractivity contribution >= 4 is 18.0 Å². The summed E-state index contributed by atoms with van der Waals surface area (Å²) in [4.78, 5) is 35.1. The van der Waals surface area contributed by atoms with Crippen LogP contribution in [-0.4, -0.2) is 64.4 Å². The fourth-order valence-electron chi connectivity index (χ4n) is 1.94. The first-order valence-electron chi connectivity index (χ1n) is 6.44. The number of carbonyl (C=O) groups is 3. The SMILES string of the molecule is CC1CN(C(=O)N[C@@H](CCC(=O)O)C(=O)O)C(C)CO1. The fourth-order valence-corrected chi connectivity index (χ4v) is 1.94. The number of rotatable bonds is 5. The van der Waals surface area contributed by atoms with Crippen LogP contribution in [0.1, 0.15) is 26.7 Å². The normalized spacial score (nSPS) is 24.0. The van der Waals surface area contributed by atoms with E-state index in [4.69, 9.17) is 14.9 Å². The second-order valence-corrected chi connectivity index (χ2v) is 4.92. The zero-order chi connectivity index (χ0) is 15.3. The minimum Gasteiger partial charge on any atom is -0.481 e. The molecule has 0 aliphatic carbocycles. The third-order valence-corrected chi connectivity index (χ3v) is 3.11. The van der Waals surface area contributed by atoms with Crippen LogP contribution in [0.3, 0.4) is 0 Å². The number of hydrogen-bond acceptors (Lipinski definition) is 4. The quantitative estimate of drug-likeness (QED) is 0.662. The number of hydrogen-bond donors (Lipinski definition) is 3. The van der Waals surface area contributed by atoms with Crippen molar-refractivity contribution in [2.45, 2.75) is 44.9 Å². The number of urea groups is 1. The largest absolute Gasteiger partial charge is 0.481 e. The Morgan fingerprint density at radius 2 is 2.00 bits per heavy atom. The van der Waals surface area contributed by atoms with Crippen molar-refractivity contribution in [2.24, 2.45) is 0 Å². The van der Waals surface area contributed by atoms with Gasteiger partial charge in [-0.15, -0.1) is 0 Å². The van der Waals surface area contributed by atoms with Gasteiger partial charge in [-0.3, -0.25) is 4.79 Å². The Morgan fingerprint density at radius 1 is 1.35 bits per heavy atom. The molecule has 1 fully saturated rings. The highest BCUT2D eigenvalue weighted by molar-refractivity contribution is 5.83. The second kappa shape index (κ2) is 7.09. The maximum atomic E-state index is 12.1. The summed E-state index contributed by atoms with van der Waals surface area (Å²) < 4.78 is 5.39. The Hall–Kier alpha value is -1.83. The van der Waals surface area contributed by atoms with Gasteiger partial charge in [-0.25, -0.2) is 9.59 Å². The molecule has 0 aromatic heterocycles. The molecular formula is C12H20N2O6. The van der Waals surface area contributed by atoms with E-state index in [1.165, 1.54) is 4.90 Å². The van der Waals surface area contributed by atoms with Gasteiger partial charge in [0.1, 0.15) is 6.04 Å². The van der Waals surface area contributed by atoms with Crippen molar-refractivity contribution in [2.75, 3.05) is 13.2 Å². The van der Waals surface area contributed by atoms with E-state index in [2.05, 4.69) is 5.32 Å². The Kier molecular flexibility index (Phi) is 5.75. The van der Waals surface area contributed by atoms with Crippen LogP contribution in [0.4, 0.5) is 4.79 Å². The average Bonchev–Trinajstić information content (AvgIpc) is 2.36. The van der Waals surface area contributed by atoms with Crippen molar-refractivity contribution in [1.29, 1.82) is 0 Å². The van der Waals surface area contributed by atoms with E-state index in [1.807, 2.05) is 6.92 Å². The molecule has 0 aromatic carbocycles. The van der Waals surface area contributed by atoms with E-state index >= 15 is 0 Å². The number of amides is 2. The highest BCUT2D eigenvalue weighted by Gasteiger charge is 2.30. The van der Waals surface area contributed by atoms with Gasteiger partial charge in [0, 0.05) is 13.0 Å². The van der Waals surface area contributed by atoms with Crippen LogP contribution in [0.5, 0.6) is 0 Å². The summed E-state index contributed by atoms with van der Waals surface area (Å²) in [6.45, 7) is 4.39. The molecule has 0 aromatic rings. The van der Waals surface area contributed by atoms with E-state index in [9.17, 15) is 14.4 Å². The van der Waals surface area contributed by atoms with E-state index < -0.39 is 24.0 Å². The lowest BCUT2D eigenvalue weighted by molar-refractivity contribution is -0.140. The van der Waals surface area contributed by atoms with Crippen molar-refractivity contribution in [1.82, 2.24) is 10.2 Å². The number of aliphatic carboxylic acids is 2. The topological polar surface area (TPSA) is 116 Å². The summed E-state index contributed by atoms with van der Waals surface area (Å²) in [5.74, 6) is -2.34. The highest BCUT2D eigenvalue weighted by Crippen LogP contribution is 2.12. The molecule has 1 aliphatic heterocycles. The first-order chi connectivity index (χ1) is 9.31. The summed E-state index contributed by atoms with van der Waals surface area (Å²) >= 11 is 0. The summed E-state index contributed by atoms with van der Waals surface area (Å²) in [7, 11) is 0. The lowest BCUT2D eigenvalue weighted by atomic mass is 10.1. The van der Waals surface area contributed by atoms with Gasteiger partial charge in [0.2, 0.25) is 0 Å². The minimum atomic E-state index is -1.24. The fraction of sp³-hybridized carbons (Fsp3) is 0.750. The minimum absolute atomic E-state index is 0.112. The predicted octanol–water partition coefficient (Wildman–Crippen LogP) is 0.123. The smallest absolute Gasteiger partial charge is 0.326 e. The summed E-state index contributed by atoms with van der Waals surface area (Å²) in [6, 6.07) is -1.87. The zero-order valence-corrected chi connectivity index (χ0v) is 11.5. The van der Waals surface area contributed by atoms with Crippen LogP contribution in [0.25, 0.3) is 0 Å². The third kappa shape index (κ3) is 4.69. The molecule has 1 rings (SSSR count). The monoisotopic (exact) mass is 288 g/mol. The standard InChI is InChI=1S/C12H20N2O6/c1-7-6-20-8(2)5-14(7)12(19)13-9(11(17)18)3-4-10(15)16/h7-9H,3-6H2,1-2H3,(H,13,19)(H,15,16)(H,17,18)/t7?,8?,9-/m0/s1. The molecule has 0 bridgehead atoms.